The number of rotatable bonds is 7. The summed E-state index contributed by atoms with van der Waals surface area (Å²) >= 11 is 1.60. The van der Waals surface area contributed by atoms with E-state index in [1.807, 2.05) is 50.4 Å². The largest absolute Gasteiger partial charge is 0.476 e. The van der Waals surface area contributed by atoms with Crippen LogP contribution in [0.2, 0.25) is 0 Å². The molecule has 1 aliphatic heterocycles. The topological polar surface area (TPSA) is 76.6 Å². The minimum Gasteiger partial charge on any atom is -0.476 e. The third-order valence-electron chi connectivity index (χ3n) is 5.45. The number of amides is 1. The molecule has 2 aromatic heterocycles. The van der Waals surface area contributed by atoms with Crippen LogP contribution < -0.4 is 15.0 Å². The van der Waals surface area contributed by atoms with Crippen LogP contribution in [0.5, 0.6) is 5.88 Å². The van der Waals surface area contributed by atoms with E-state index in [0.29, 0.717) is 37.0 Å². The van der Waals surface area contributed by atoms with Gasteiger partial charge >= 0.3 is 0 Å². The highest BCUT2D eigenvalue weighted by molar-refractivity contribution is 7.98. The van der Waals surface area contributed by atoms with Crippen molar-refractivity contribution in [3.05, 3.63) is 60.0 Å². The van der Waals surface area contributed by atoms with Crippen molar-refractivity contribution in [1.82, 2.24) is 9.97 Å². The van der Waals surface area contributed by atoms with Gasteiger partial charge in [0.05, 0.1) is 31.7 Å². The number of thioether (sulfide) groups is 1. The minimum atomic E-state index is -0.165. The van der Waals surface area contributed by atoms with Crippen LogP contribution in [0.25, 0.3) is 11.1 Å². The molecule has 1 N–H and O–H groups in total. The van der Waals surface area contributed by atoms with Crippen LogP contribution in [-0.2, 0) is 4.74 Å². The Labute approximate surface area is 198 Å². The zero-order chi connectivity index (χ0) is 23.2. The van der Waals surface area contributed by atoms with E-state index in [2.05, 4.69) is 26.3 Å². The summed E-state index contributed by atoms with van der Waals surface area (Å²) in [4.78, 5) is 25.2. The molecule has 172 valence electrons. The summed E-state index contributed by atoms with van der Waals surface area (Å²) in [7, 11) is 0. The summed E-state index contributed by atoms with van der Waals surface area (Å²) in [5.41, 5.74) is 4.89. The molecule has 3 heterocycles. The monoisotopic (exact) mass is 464 g/mol. The average Bonchev–Trinajstić information content (AvgIpc) is 2.86. The van der Waals surface area contributed by atoms with Crippen LogP contribution >= 0.6 is 11.8 Å². The van der Waals surface area contributed by atoms with Gasteiger partial charge in [0.1, 0.15) is 5.69 Å². The van der Waals surface area contributed by atoms with Crippen molar-refractivity contribution in [3.8, 4) is 17.0 Å². The Morgan fingerprint density at radius 2 is 2.00 bits per heavy atom. The smallest absolute Gasteiger partial charge is 0.255 e. The molecule has 1 amide bonds. The van der Waals surface area contributed by atoms with E-state index >= 15 is 0 Å². The first-order valence-corrected chi connectivity index (χ1v) is 12.2. The van der Waals surface area contributed by atoms with Crippen molar-refractivity contribution in [2.45, 2.75) is 18.7 Å². The third kappa shape index (κ3) is 5.46. The molecule has 0 unspecified atom stereocenters. The molecule has 0 saturated carbocycles. The Kier molecular flexibility index (Phi) is 7.47. The van der Waals surface area contributed by atoms with Crippen LogP contribution in [0.1, 0.15) is 23.0 Å². The van der Waals surface area contributed by atoms with Crippen molar-refractivity contribution >= 4 is 29.0 Å². The lowest BCUT2D eigenvalue weighted by molar-refractivity contribution is 0.102. The van der Waals surface area contributed by atoms with Crippen LogP contribution in [0.3, 0.4) is 0 Å². The molecular weight excluding hydrogens is 436 g/mol. The van der Waals surface area contributed by atoms with Gasteiger partial charge in [-0.15, -0.1) is 11.8 Å². The molecule has 4 rings (SSSR count). The number of carbonyl (C=O) groups is 1. The highest BCUT2D eigenvalue weighted by Crippen LogP contribution is 2.33. The fourth-order valence-corrected chi connectivity index (χ4v) is 4.19. The summed E-state index contributed by atoms with van der Waals surface area (Å²) in [6, 6.07) is 11.6. The first-order chi connectivity index (χ1) is 16.1. The van der Waals surface area contributed by atoms with Gasteiger partial charge in [-0.05, 0) is 50.4 Å². The number of aryl methyl sites for hydroxylation is 1. The summed E-state index contributed by atoms with van der Waals surface area (Å²) < 4.78 is 11.3. The lowest BCUT2D eigenvalue weighted by atomic mass is 10.0. The molecule has 7 nitrogen and oxygen atoms in total. The lowest BCUT2D eigenvalue weighted by Crippen LogP contribution is -2.36. The Morgan fingerprint density at radius 3 is 2.76 bits per heavy atom. The normalized spacial score (nSPS) is 13.6. The molecule has 1 saturated heterocycles. The summed E-state index contributed by atoms with van der Waals surface area (Å²) in [5, 5.41) is 2.97. The zero-order valence-corrected chi connectivity index (χ0v) is 19.9. The van der Waals surface area contributed by atoms with E-state index in [9.17, 15) is 4.79 Å². The van der Waals surface area contributed by atoms with Crippen molar-refractivity contribution in [3.63, 3.8) is 0 Å². The predicted octanol–water partition coefficient (Wildman–Crippen LogP) is 4.66. The van der Waals surface area contributed by atoms with Crippen LogP contribution in [0.15, 0.2) is 53.7 Å². The van der Waals surface area contributed by atoms with Gasteiger partial charge in [-0.2, -0.15) is 0 Å². The summed E-state index contributed by atoms with van der Waals surface area (Å²) in [6.07, 6.45) is 5.47. The molecule has 0 radical (unpaired) electrons. The SMILES string of the molecule is CCOc1ncc(-c2cc(NC(=O)c3cccc(SC)c3)cnc2C)cc1N1CCOCC1. The molecule has 0 bridgehead atoms. The maximum absolute atomic E-state index is 12.8. The van der Waals surface area contributed by atoms with Gasteiger partial charge in [-0.25, -0.2) is 4.98 Å². The van der Waals surface area contributed by atoms with Gasteiger partial charge in [0.2, 0.25) is 5.88 Å². The van der Waals surface area contributed by atoms with E-state index in [1.54, 1.807) is 24.2 Å². The third-order valence-corrected chi connectivity index (χ3v) is 6.18. The molecule has 8 heteroatoms. The molecule has 1 aliphatic rings. The fraction of sp³-hybridized carbons (Fsp3) is 0.320. The number of benzene rings is 1. The maximum atomic E-state index is 12.8. The molecule has 0 spiro atoms. The van der Waals surface area contributed by atoms with Crippen molar-refractivity contribution in [2.24, 2.45) is 0 Å². The number of ether oxygens (including phenoxy) is 2. The van der Waals surface area contributed by atoms with Crippen LogP contribution in [0.4, 0.5) is 11.4 Å². The van der Waals surface area contributed by atoms with Crippen LogP contribution in [0, 0.1) is 6.92 Å². The number of carbonyl (C=O) groups excluding carboxylic acids is 1. The number of hydrogen-bond donors (Lipinski definition) is 1. The molecule has 1 aromatic carbocycles. The summed E-state index contributed by atoms with van der Waals surface area (Å²) in [5.74, 6) is 0.452. The number of nitrogens with zero attached hydrogens (tertiary/aromatic N) is 3. The molecule has 3 aromatic rings. The second kappa shape index (κ2) is 10.7. The zero-order valence-electron chi connectivity index (χ0n) is 19.1. The number of aromatic nitrogens is 2. The molecule has 0 atom stereocenters. The predicted molar refractivity (Wildman–Crippen MR) is 133 cm³/mol. The molecule has 0 aliphatic carbocycles. The number of morpholine rings is 1. The van der Waals surface area contributed by atoms with Gasteiger partial charge in [-0.1, -0.05) is 6.07 Å². The van der Waals surface area contributed by atoms with Crippen molar-refractivity contribution < 1.29 is 14.3 Å². The van der Waals surface area contributed by atoms with Gasteiger partial charge in [-0.3, -0.25) is 9.78 Å². The molecule has 33 heavy (non-hydrogen) atoms. The Morgan fingerprint density at radius 1 is 1.18 bits per heavy atom. The molecular formula is C25H28N4O3S. The first-order valence-electron chi connectivity index (χ1n) is 11.0. The Balaban J connectivity index is 1.63. The number of pyridine rings is 2. The summed E-state index contributed by atoms with van der Waals surface area (Å²) in [6.45, 7) is 7.37. The van der Waals surface area contributed by atoms with E-state index in [1.165, 1.54) is 0 Å². The Bertz CT molecular complexity index is 1130. The van der Waals surface area contributed by atoms with Crippen molar-refractivity contribution in [2.75, 3.05) is 49.4 Å². The van der Waals surface area contributed by atoms with E-state index in [0.717, 1.165) is 40.5 Å². The highest BCUT2D eigenvalue weighted by Gasteiger charge is 2.19. The number of hydrogen-bond acceptors (Lipinski definition) is 7. The standard InChI is InChI=1S/C25H28N4O3S/c1-4-32-25-23(29-8-10-31-11-9-29)13-19(15-27-25)22-14-20(16-26-17(22)2)28-24(30)18-6-5-7-21(12-18)33-3/h5-7,12-16H,4,8-11H2,1-3H3,(H,28,30). The van der Waals surface area contributed by atoms with Gasteiger partial charge in [0, 0.05) is 46.6 Å². The van der Waals surface area contributed by atoms with Gasteiger partial charge < -0.3 is 19.7 Å². The maximum Gasteiger partial charge on any atom is 0.255 e. The van der Waals surface area contributed by atoms with Gasteiger partial charge in [0.15, 0.2) is 0 Å². The highest BCUT2D eigenvalue weighted by atomic mass is 32.2. The number of anilines is 2. The van der Waals surface area contributed by atoms with Gasteiger partial charge in [0.25, 0.3) is 5.91 Å². The quantitative estimate of drug-likeness (QED) is 0.510. The lowest BCUT2D eigenvalue weighted by Gasteiger charge is -2.30. The number of nitrogens with one attached hydrogen (secondary N) is 1. The Hall–Kier alpha value is -3.10. The first kappa shape index (κ1) is 23.1. The fourth-order valence-electron chi connectivity index (χ4n) is 3.73. The average molecular weight is 465 g/mol. The minimum absolute atomic E-state index is 0.165. The second-order valence-electron chi connectivity index (χ2n) is 7.62. The van der Waals surface area contributed by atoms with E-state index in [-0.39, 0.29) is 5.91 Å². The molecule has 1 fully saturated rings. The van der Waals surface area contributed by atoms with E-state index < -0.39 is 0 Å². The van der Waals surface area contributed by atoms with Crippen LogP contribution in [-0.4, -0.2) is 55.0 Å². The second-order valence-corrected chi connectivity index (χ2v) is 8.50. The van der Waals surface area contributed by atoms with E-state index in [4.69, 9.17) is 9.47 Å². The van der Waals surface area contributed by atoms with Crippen molar-refractivity contribution in [1.29, 1.82) is 0 Å².